The molecule has 0 amide bonds. The third-order valence-corrected chi connectivity index (χ3v) is 5.73. The molecule has 0 radical (unpaired) electrons. The molecule has 0 bridgehead atoms. The number of hydrogen-bond acceptors (Lipinski definition) is 6. The first-order valence-electron chi connectivity index (χ1n) is 8.81. The first kappa shape index (κ1) is 21.4. The molecule has 3 aromatic heterocycles. The summed E-state index contributed by atoms with van der Waals surface area (Å²) in [6.45, 7) is 0. The quantitative estimate of drug-likeness (QED) is 0.332. The molecule has 0 N–H and O–H groups in total. The molecule has 31 heavy (non-hydrogen) atoms. The maximum Gasteiger partial charge on any atom is 0.534 e. The van der Waals surface area contributed by atoms with Crippen molar-refractivity contribution in [1.82, 2.24) is 24.3 Å². The Balaban J connectivity index is 1.91. The lowest BCUT2D eigenvalue weighted by Crippen LogP contribution is -2.29. The van der Waals surface area contributed by atoms with Crippen LogP contribution in [0.5, 0.6) is 5.88 Å². The highest BCUT2D eigenvalue weighted by molar-refractivity contribution is 7.88. The van der Waals surface area contributed by atoms with Crippen LogP contribution in [-0.4, -0.2) is 38.2 Å². The topological polar surface area (TPSA) is 91.9 Å². The number of fused-ring (bicyclic) bond motifs is 2. The summed E-state index contributed by atoms with van der Waals surface area (Å²) in [6.07, 6.45) is -2.26. The highest BCUT2D eigenvalue weighted by Crippen LogP contribution is 2.36. The zero-order valence-corrected chi connectivity index (χ0v) is 16.4. The van der Waals surface area contributed by atoms with Crippen LogP contribution in [0.25, 0.3) is 17.1 Å². The summed E-state index contributed by atoms with van der Waals surface area (Å²) in [6, 6.07) is 0.724. The minimum atomic E-state index is -6.02. The van der Waals surface area contributed by atoms with Crippen LogP contribution in [-0.2, 0) is 36.2 Å². The van der Waals surface area contributed by atoms with Gasteiger partial charge in [0.15, 0.2) is 5.65 Å². The monoisotopic (exact) mass is 469 g/mol. The van der Waals surface area contributed by atoms with E-state index in [-0.39, 0.29) is 29.1 Å². The van der Waals surface area contributed by atoms with Gasteiger partial charge in [-0.05, 0) is 31.7 Å². The van der Waals surface area contributed by atoms with E-state index in [1.54, 1.807) is 0 Å². The van der Waals surface area contributed by atoms with Crippen molar-refractivity contribution in [3.63, 3.8) is 0 Å². The van der Waals surface area contributed by atoms with Gasteiger partial charge in [0.1, 0.15) is 5.52 Å². The summed E-state index contributed by atoms with van der Waals surface area (Å²) in [5, 5.41) is 4.14. The molecule has 1 aliphatic rings. The number of aryl methyl sites for hydroxylation is 2. The van der Waals surface area contributed by atoms with Gasteiger partial charge in [0.25, 0.3) is 0 Å². The van der Waals surface area contributed by atoms with Crippen molar-refractivity contribution < 1.29 is 38.9 Å². The van der Waals surface area contributed by atoms with Gasteiger partial charge in [0, 0.05) is 18.8 Å². The van der Waals surface area contributed by atoms with Gasteiger partial charge in [0.2, 0.25) is 11.8 Å². The van der Waals surface area contributed by atoms with Crippen LogP contribution in [0.3, 0.4) is 0 Å². The van der Waals surface area contributed by atoms with E-state index in [9.17, 15) is 34.8 Å². The van der Waals surface area contributed by atoms with Gasteiger partial charge in [-0.2, -0.15) is 44.5 Å². The number of nitrogens with zero attached hydrogens (tertiary/aromatic N) is 5. The first-order valence-corrected chi connectivity index (χ1v) is 10.2. The highest BCUT2D eigenvalue weighted by Gasteiger charge is 2.50. The number of aromatic nitrogens is 5. The maximum atomic E-state index is 13.0. The lowest BCUT2D eigenvalue weighted by molar-refractivity contribution is -0.137. The third kappa shape index (κ3) is 3.59. The number of rotatable bonds is 3. The normalized spacial score (nSPS) is 15.3. The van der Waals surface area contributed by atoms with Crippen LogP contribution in [0, 0.1) is 0 Å². The second kappa shape index (κ2) is 6.83. The molecule has 0 unspecified atom stereocenters. The molecule has 3 heterocycles. The molecule has 3 aromatic rings. The van der Waals surface area contributed by atoms with Crippen LogP contribution < -0.4 is 4.18 Å². The predicted molar refractivity (Wildman–Crippen MR) is 92.9 cm³/mol. The van der Waals surface area contributed by atoms with E-state index in [1.165, 1.54) is 11.6 Å². The molecule has 8 nitrogen and oxygen atoms in total. The van der Waals surface area contributed by atoms with E-state index in [0.29, 0.717) is 31.2 Å². The highest BCUT2D eigenvalue weighted by atomic mass is 32.2. The number of imidazole rings is 1. The van der Waals surface area contributed by atoms with Crippen molar-refractivity contribution in [3.8, 4) is 11.8 Å². The zero-order chi connectivity index (χ0) is 22.8. The van der Waals surface area contributed by atoms with E-state index in [2.05, 4.69) is 19.2 Å². The van der Waals surface area contributed by atoms with Gasteiger partial charge >= 0.3 is 21.8 Å². The molecule has 0 saturated carbocycles. The minimum Gasteiger partial charge on any atom is -0.355 e. The second-order valence-corrected chi connectivity index (χ2v) is 8.41. The molecular weight excluding hydrogens is 456 g/mol. The number of pyridine rings is 1. The van der Waals surface area contributed by atoms with Crippen LogP contribution in [0.15, 0.2) is 12.3 Å². The first-order chi connectivity index (χ1) is 14.3. The molecule has 4 rings (SSSR count). The second-order valence-electron chi connectivity index (χ2n) is 6.87. The Morgan fingerprint density at radius 3 is 2.42 bits per heavy atom. The van der Waals surface area contributed by atoms with E-state index in [4.69, 9.17) is 0 Å². The van der Waals surface area contributed by atoms with E-state index in [1.807, 2.05) is 0 Å². The average molecular weight is 469 g/mol. The van der Waals surface area contributed by atoms with E-state index in [0.717, 1.165) is 10.7 Å². The Morgan fingerprint density at radius 2 is 1.77 bits per heavy atom. The van der Waals surface area contributed by atoms with Gasteiger partial charge in [-0.1, -0.05) is 0 Å². The molecule has 0 saturated heterocycles. The smallest absolute Gasteiger partial charge is 0.355 e. The Labute approximate surface area is 170 Å². The van der Waals surface area contributed by atoms with Crippen LogP contribution in [0.1, 0.15) is 29.7 Å². The van der Waals surface area contributed by atoms with Crippen LogP contribution in [0.4, 0.5) is 26.3 Å². The molecular formula is C16H13F6N5O3S. The summed E-state index contributed by atoms with van der Waals surface area (Å²) < 4.78 is 107. The molecule has 15 heteroatoms. The number of halogens is 6. The predicted octanol–water partition coefficient (Wildman–Crippen LogP) is 3.28. The Hall–Kier alpha value is -2.84. The SMILES string of the molecule is Cn1c(-n2nc3c(c2OS(=O)(=O)C(F)(F)F)CCCC3)nc2cc(C(F)(F)F)cnc21. The van der Waals surface area contributed by atoms with E-state index >= 15 is 0 Å². The molecule has 0 aromatic carbocycles. The van der Waals surface area contributed by atoms with Crippen molar-refractivity contribution in [1.29, 1.82) is 0 Å². The fraction of sp³-hybridized carbons (Fsp3) is 0.438. The average Bonchev–Trinajstić information content (AvgIpc) is 3.17. The summed E-state index contributed by atoms with van der Waals surface area (Å²) in [4.78, 5) is 7.72. The summed E-state index contributed by atoms with van der Waals surface area (Å²) in [5.74, 6) is -0.940. The van der Waals surface area contributed by atoms with Gasteiger partial charge in [-0.3, -0.25) is 4.57 Å². The summed E-state index contributed by atoms with van der Waals surface area (Å²) in [7, 11) is -4.66. The van der Waals surface area contributed by atoms with Crippen molar-refractivity contribution in [3.05, 3.63) is 29.1 Å². The standard InChI is InChI=1S/C16H13F6N5O3S/c1-26-12-11(6-8(7-23-12)15(17,18)19)24-14(26)27-13(30-31(28,29)16(20,21)22)9-4-2-3-5-10(9)25-27/h6-7H,2-5H2,1H3. The van der Waals surface area contributed by atoms with Crippen molar-refractivity contribution in [2.24, 2.45) is 7.05 Å². The van der Waals surface area contributed by atoms with Crippen molar-refractivity contribution >= 4 is 21.3 Å². The third-order valence-electron chi connectivity index (χ3n) is 4.78. The van der Waals surface area contributed by atoms with Crippen molar-refractivity contribution in [2.75, 3.05) is 0 Å². The van der Waals surface area contributed by atoms with Crippen LogP contribution in [0.2, 0.25) is 0 Å². The maximum absolute atomic E-state index is 13.0. The molecule has 168 valence electrons. The Kier molecular flexibility index (Phi) is 4.71. The largest absolute Gasteiger partial charge is 0.534 e. The van der Waals surface area contributed by atoms with Gasteiger partial charge in [-0.15, -0.1) is 0 Å². The molecule has 1 aliphatic carbocycles. The van der Waals surface area contributed by atoms with E-state index < -0.39 is 33.2 Å². The molecule has 0 aliphatic heterocycles. The van der Waals surface area contributed by atoms with Gasteiger partial charge in [0.05, 0.1) is 11.3 Å². The minimum absolute atomic E-state index is 0.0129. The van der Waals surface area contributed by atoms with Crippen LogP contribution >= 0.6 is 0 Å². The summed E-state index contributed by atoms with van der Waals surface area (Å²) >= 11 is 0. The molecule has 0 atom stereocenters. The molecule has 0 fully saturated rings. The lowest BCUT2D eigenvalue weighted by atomic mass is 9.98. The number of hydrogen-bond donors (Lipinski definition) is 0. The van der Waals surface area contributed by atoms with Crippen molar-refractivity contribution in [2.45, 2.75) is 37.4 Å². The fourth-order valence-corrected chi connectivity index (χ4v) is 3.78. The Bertz CT molecular complexity index is 1280. The molecule has 0 spiro atoms. The summed E-state index contributed by atoms with van der Waals surface area (Å²) in [5.41, 5.74) is -6.46. The zero-order valence-electron chi connectivity index (χ0n) is 15.6. The Morgan fingerprint density at radius 1 is 1.10 bits per heavy atom. The lowest BCUT2D eigenvalue weighted by Gasteiger charge is -2.13. The number of alkyl halides is 6. The van der Waals surface area contributed by atoms with Gasteiger partial charge in [-0.25, -0.2) is 9.97 Å². The van der Waals surface area contributed by atoms with Gasteiger partial charge < -0.3 is 4.18 Å². The fourth-order valence-electron chi connectivity index (χ4n) is 3.30.